The van der Waals surface area contributed by atoms with Gasteiger partial charge in [-0.2, -0.15) is 0 Å². The van der Waals surface area contributed by atoms with Crippen molar-refractivity contribution in [2.24, 2.45) is 0 Å². The van der Waals surface area contributed by atoms with Crippen LogP contribution in [0, 0.1) is 0 Å². The third-order valence-corrected chi connectivity index (χ3v) is 12.5. The molecule has 0 aliphatic heterocycles. The average molecular weight is 571 g/mol. The molecule has 10 heteroatoms. The molecule has 0 aromatic heterocycles. The maximum atomic E-state index is 14.1. The first-order valence-corrected chi connectivity index (χ1v) is 17.2. The molecule has 0 aliphatic carbocycles. The van der Waals surface area contributed by atoms with Gasteiger partial charge in [-0.25, -0.2) is 0 Å². The minimum Gasteiger partial charge on any atom is -0.305 e. The summed E-state index contributed by atoms with van der Waals surface area (Å²) in [7, 11) is -7.62. The fourth-order valence-corrected chi connectivity index (χ4v) is 10.6. The Bertz CT molecular complexity index is 751. The van der Waals surface area contributed by atoms with E-state index >= 15 is 0 Å². The number of rotatable bonds is 18. The highest BCUT2D eigenvalue weighted by Gasteiger charge is 2.52. The lowest BCUT2D eigenvalue weighted by Gasteiger charge is -2.35. The molecule has 35 heavy (non-hydrogen) atoms. The smallest absolute Gasteiger partial charge is 0.305 e. The number of hydrogen-bond acceptors (Lipinski definition) is 7. The molecular weight excluding hydrogens is 526 g/mol. The van der Waals surface area contributed by atoms with Gasteiger partial charge in [0.1, 0.15) is 0 Å². The van der Waals surface area contributed by atoms with Crippen LogP contribution in [0.15, 0.2) is 29.2 Å². The third kappa shape index (κ3) is 13.0. The molecule has 1 aromatic carbocycles. The molecule has 0 atom stereocenters. The molecule has 1 rings (SSSR count). The van der Waals surface area contributed by atoms with Crippen LogP contribution in [0.1, 0.15) is 87.5 Å². The van der Waals surface area contributed by atoms with Crippen LogP contribution in [0.4, 0.5) is 0 Å². The van der Waals surface area contributed by atoms with Crippen molar-refractivity contribution in [3.8, 4) is 0 Å². The molecule has 0 radical (unpaired) electrons. The Kier molecular flexibility index (Phi) is 15.4. The van der Waals surface area contributed by atoms with E-state index in [1.54, 1.807) is 67.2 Å². The van der Waals surface area contributed by atoms with Crippen LogP contribution in [0.3, 0.4) is 0 Å². The summed E-state index contributed by atoms with van der Waals surface area (Å²) in [5.74, 6) is 1.00. The lowest BCUT2D eigenvalue weighted by atomic mass is 10.2. The minimum atomic E-state index is -3.81. The van der Waals surface area contributed by atoms with E-state index in [0.29, 0.717) is 6.42 Å². The topological polar surface area (TPSA) is 71.1 Å². The summed E-state index contributed by atoms with van der Waals surface area (Å²) < 4.78 is 51.6. The van der Waals surface area contributed by atoms with Gasteiger partial charge in [-0.05, 0) is 98.2 Å². The summed E-state index contributed by atoms with van der Waals surface area (Å²) >= 11 is 7.75. The maximum Gasteiger partial charge on any atom is 0.346 e. The molecule has 0 spiro atoms. The Labute approximate surface area is 222 Å². The molecule has 6 nitrogen and oxygen atoms in total. The molecule has 0 N–H and O–H groups in total. The van der Waals surface area contributed by atoms with Crippen LogP contribution in [0.5, 0.6) is 0 Å². The molecule has 0 unspecified atom stereocenters. The van der Waals surface area contributed by atoms with Gasteiger partial charge in [-0.1, -0.05) is 30.9 Å². The zero-order valence-electron chi connectivity index (χ0n) is 22.6. The fourth-order valence-electron chi connectivity index (χ4n) is 3.50. The average Bonchev–Trinajstić information content (AvgIpc) is 2.68. The Morgan fingerprint density at radius 3 is 1.49 bits per heavy atom. The van der Waals surface area contributed by atoms with E-state index in [1.807, 2.05) is 24.3 Å². The molecule has 0 aliphatic rings. The molecule has 0 saturated heterocycles. The summed E-state index contributed by atoms with van der Waals surface area (Å²) in [5.41, 5.74) is 0. The zero-order chi connectivity index (χ0) is 26.6. The lowest BCUT2D eigenvalue weighted by Crippen LogP contribution is -2.23. The van der Waals surface area contributed by atoms with Crippen LogP contribution in [-0.4, -0.2) is 35.6 Å². The van der Waals surface area contributed by atoms with Crippen LogP contribution in [0.2, 0.25) is 5.02 Å². The van der Waals surface area contributed by atoms with Crippen molar-refractivity contribution < 1.29 is 27.2 Å². The highest BCUT2D eigenvalue weighted by molar-refractivity contribution is 7.99. The largest absolute Gasteiger partial charge is 0.346 e. The van der Waals surface area contributed by atoms with Gasteiger partial charge < -0.3 is 18.1 Å². The predicted molar refractivity (Wildman–Crippen MR) is 149 cm³/mol. The number of benzene rings is 1. The second-order valence-corrected chi connectivity index (χ2v) is 15.9. The van der Waals surface area contributed by atoms with Crippen molar-refractivity contribution in [1.82, 2.24) is 0 Å². The summed E-state index contributed by atoms with van der Waals surface area (Å²) in [5, 5.41) is -0.239. The van der Waals surface area contributed by atoms with Crippen molar-refractivity contribution in [3.63, 3.8) is 0 Å². The van der Waals surface area contributed by atoms with Gasteiger partial charge in [0.05, 0.1) is 24.4 Å². The quantitative estimate of drug-likeness (QED) is 0.0987. The molecule has 204 valence electrons. The molecule has 0 bridgehead atoms. The van der Waals surface area contributed by atoms with Crippen LogP contribution < -0.4 is 0 Å². The molecular formula is C25H45ClO6P2S. The summed E-state index contributed by atoms with van der Waals surface area (Å²) in [4.78, 5) is 1.20. The highest BCUT2D eigenvalue weighted by atomic mass is 35.5. The standard InChI is InChI=1S/C25H45ClO6P2S/c1-19(2)29-33(27,30-20(3)4)25(34(28,31-21(5)6)32-22(7)8)13-11-9-10-12-18-35-24-16-14-23(26)15-17-24/h14-17,19-22,25H,9-13,18H2,1-8H3. The van der Waals surface area contributed by atoms with E-state index in [-0.39, 0.29) is 24.4 Å². The number of halogens is 1. The Balaban J connectivity index is 2.90. The second kappa shape index (κ2) is 16.2. The first kappa shape index (κ1) is 33.2. The van der Waals surface area contributed by atoms with Gasteiger partial charge >= 0.3 is 15.2 Å². The fraction of sp³-hybridized carbons (Fsp3) is 0.760. The van der Waals surface area contributed by atoms with E-state index in [0.717, 1.165) is 36.5 Å². The molecule has 0 heterocycles. The lowest BCUT2D eigenvalue weighted by molar-refractivity contribution is 0.121. The SMILES string of the molecule is CC(C)OP(=O)(OC(C)C)C(CCCCCCSc1ccc(Cl)cc1)P(=O)(OC(C)C)OC(C)C. The van der Waals surface area contributed by atoms with E-state index in [1.165, 1.54) is 4.90 Å². The first-order chi connectivity index (χ1) is 16.3. The van der Waals surface area contributed by atoms with E-state index in [9.17, 15) is 9.13 Å². The predicted octanol–water partition coefficient (Wildman–Crippen LogP) is 9.79. The van der Waals surface area contributed by atoms with E-state index in [4.69, 9.17) is 29.7 Å². The Morgan fingerprint density at radius 1 is 0.686 bits per heavy atom. The molecule has 0 saturated carbocycles. The van der Waals surface area contributed by atoms with Crippen LogP contribution >= 0.6 is 38.6 Å². The maximum absolute atomic E-state index is 14.1. The molecule has 1 aromatic rings. The zero-order valence-corrected chi connectivity index (χ0v) is 25.9. The summed E-state index contributed by atoms with van der Waals surface area (Å²) in [6.07, 6.45) is 2.60. The summed E-state index contributed by atoms with van der Waals surface area (Å²) in [6.45, 7) is 14.4. The third-order valence-electron chi connectivity index (χ3n) is 4.60. The van der Waals surface area contributed by atoms with Crippen molar-refractivity contribution in [3.05, 3.63) is 29.3 Å². The van der Waals surface area contributed by atoms with Gasteiger partial charge in [0.2, 0.25) is 0 Å². The van der Waals surface area contributed by atoms with Crippen molar-refractivity contribution in [2.75, 3.05) is 5.75 Å². The van der Waals surface area contributed by atoms with Crippen LogP contribution in [-0.2, 0) is 27.2 Å². The van der Waals surface area contributed by atoms with Gasteiger partial charge in [0, 0.05) is 9.92 Å². The van der Waals surface area contributed by atoms with Crippen LogP contribution in [0.25, 0.3) is 0 Å². The van der Waals surface area contributed by atoms with Gasteiger partial charge in [-0.15, -0.1) is 11.8 Å². The number of hydrogen-bond donors (Lipinski definition) is 0. The molecule has 0 fully saturated rings. The van der Waals surface area contributed by atoms with E-state index < -0.39 is 20.6 Å². The Hall–Kier alpha value is 0.160. The second-order valence-electron chi connectivity index (χ2n) is 9.68. The highest BCUT2D eigenvalue weighted by Crippen LogP contribution is 2.73. The van der Waals surface area contributed by atoms with Crippen molar-refractivity contribution >= 4 is 38.6 Å². The number of unbranched alkanes of at least 4 members (excludes halogenated alkanes) is 3. The summed E-state index contributed by atoms with van der Waals surface area (Å²) in [6, 6.07) is 7.86. The van der Waals surface area contributed by atoms with E-state index in [2.05, 4.69) is 0 Å². The van der Waals surface area contributed by atoms with Crippen molar-refractivity contribution in [2.45, 2.75) is 122 Å². The van der Waals surface area contributed by atoms with Gasteiger partial charge in [-0.3, -0.25) is 9.13 Å². The minimum absolute atomic E-state index is 0.362. The van der Waals surface area contributed by atoms with Gasteiger partial charge in [0.15, 0.2) is 5.40 Å². The van der Waals surface area contributed by atoms with Crippen molar-refractivity contribution in [1.29, 1.82) is 0 Å². The normalized spacial score (nSPS) is 13.2. The number of thioether (sulfide) groups is 1. The van der Waals surface area contributed by atoms with Gasteiger partial charge in [0.25, 0.3) is 0 Å². The first-order valence-electron chi connectivity index (χ1n) is 12.6. The Morgan fingerprint density at radius 2 is 1.09 bits per heavy atom. The monoisotopic (exact) mass is 570 g/mol. The molecule has 0 amide bonds.